The first kappa shape index (κ1) is 23.8. The molecule has 0 saturated heterocycles. The minimum Gasteiger partial charge on any atom is -0.338 e. The molecule has 4 aromatic rings. The molecule has 8 heteroatoms. The minimum absolute atomic E-state index is 0.154. The van der Waals surface area contributed by atoms with E-state index in [0.29, 0.717) is 17.5 Å². The quantitative estimate of drug-likeness (QED) is 0.356. The molecule has 0 spiro atoms. The highest BCUT2D eigenvalue weighted by atomic mass is 32.2. The van der Waals surface area contributed by atoms with Gasteiger partial charge in [-0.15, -0.1) is 10.2 Å². The van der Waals surface area contributed by atoms with Gasteiger partial charge in [0.05, 0.1) is 17.1 Å². The van der Waals surface area contributed by atoms with Gasteiger partial charge in [0.1, 0.15) is 5.82 Å². The minimum atomic E-state index is -0.193. The Hall–Kier alpha value is -3.39. The van der Waals surface area contributed by atoms with Crippen LogP contribution in [0.15, 0.2) is 64.3 Å². The van der Waals surface area contributed by atoms with Gasteiger partial charge < -0.3 is 4.52 Å². The van der Waals surface area contributed by atoms with Gasteiger partial charge in [-0.1, -0.05) is 85.7 Å². The fraction of sp³-hybridized carbons (Fsp3) is 0.308. The first-order valence-corrected chi connectivity index (χ1v) is 12.1. The highest BCUT2D eigenvalue weighted by Crippen LogP contribution is 2.27. The molecule has 1 N–H and O–H groups in total. The third kappa shape index (κ3) is 5.56. The summed E-state index contributed by atoms with van der Waals surface area (Å²) < 4.78 is 7.33. The van der Waals surface area contributed by atoms with Crippen LogP contribution in [0.1, 0.15) is 49.0 Å². The molecule has 7 nitrogen and oxygen atoms in total. The molecule has 176 valence electrons. The van der Waals surface area contributed by atoms with Crippen molar-refractivity contribution in [3.63, 3.8) is 0 Å². The van der Waals surface area contributed by atoms with Gasteiger partial charge in [0, 0.05) is 17.9 Å². The third-order valence-electron chi connectivity index (χ3n) is 5.37. The van der Waals surface area contributed by atoms with E-state index >= 15 is 0 Å². The predicted molar refractivity (Wildman–Crippen MR) is 135 cm³/mol. The van der Waals surface area contributed by atoms with Crippen molar-refractivity contribution in [2.75, 3.05) is 11.1 Å². The fourth-order valence-corrected chi connectivity index (χ4v) is 4.34. The second kappa shape index (κ2) is 9.85. The zero-order valence-electron chi connectivity index (χ0n) is 20.1. The second-order valence-electron chi connectivity index (χ2n) is 9.35. The molecule has 0 fully saturated rings. The number of hydrogen-bond acceptors (Lipinski definition) is 6. The molecule has 1 amide bonds. The summed E-state index contributed by atoms with van der Waals surface area (Å²) in [5, 5.41) is 16.4. The number of hydrogen-bond donors (Lipinski definition) is 1. The standard InChI is InChI=1S/C26H29N5O2S/c1-17-11-12-20(18(2)13-17)31-22(14-19-9-7-6-8-10-19)28-29-25(31)34-16-23(32)27-24-15-21(30-33-24)26(3,4)5/h6-13,15H,14,16H2,1-5H3,(H,27,32). The molecule has 4 rings (SSSR count). The summed E-state index contributed by atoms with van der Waals surface area (Å²) >= 11 is 1.34. The Labute approximate surface area is 204 Å². The number of thioether (sulfide) groups is 1. The van der Waals surface area contributed by atoms with E-state index in [2.05, 4.69) is 64.9 Å². The van der Waals surface area contributed by atoms with Gasteiger partial charge in [0.2, 0.25) is 11.8 Å². The summed E-state index contributed by atoms with van der Waals surface area (Å²) in [7, 11) is 0. The van der Waals surface area contributed by atoms with Crippen LogP contribution in [-0.4, -0.2) is 31.6 Å². The molecule has 0 saturated carbocycles. The zero-order valence-corrected chi connectivity index (χ0v) is 20.9. The number of aryl methyl sites for hydroxylation is 2. The topological polar surface area (TPSA) is 85.8 Å². The van der Waals surface area contributed by atoms with Gasteiger partial charge >= 0.3 is 0 Å². The van der Waals surface area contributed by atoms with E-state index in [4.69, 9.17) is 4.52 Å². The van der Waals surface area contributed by atoms with Gasteiger partial charge in [-0.05, 0) is 31.0 Å². The van der Waals surface area contributed by atoms with Crippen molar-refractivity contribution in [3.8, 4) is 5.69 Å². The SMILES string of the molecule is Cc1ccc(-n2c(Cc3ccccc3)nnc2SCC(=O)Nc2cc(C(C)(C)C)no2)c(C)c1. The predicted octanol–water partition coefficient (Wildman–Crippen LogP) is 5.49. The van der Waals surface area contributed by atoms with Crippen molar-refractivity contribution in [2.24, 2.45) is 0 Å². The molecular weight excluding hydrogens is 446 g/mol. The van der Waals surface area contributed by atoms with Crippen molar-refractivity contribution < 1.29 is 9.32 Å². The van der Waals surface area contributed by atoms with E-state index in [1.807, 2.05) is 43.5 Å². The molecule has 0 atom stereocenters. The maximum Gasteiger partial charge on any atom is 0.237 e. The molecule has 0 unspecified atom stereocenters. The first-order valence-electron chi connectivity index (χ1n) is 11.2. The first-order chi connectivity index (χ1) is 16.2. The summed E-state index contributed by atoms with van der Waals surface area (Å²) in [4.78, 5) is 12.6. The van der Waals surface area contributed by atoms with Crippen LogP contribution in [0.5, 0.6) is 0 Å². The van der Waals surface area contributed by atoms with Crippen molar-refractivity contribution in [1.82, 2.24) is 19.9 Å². The number of nitrogens with one attached hydrogen (secondary N) is 1. The lowest BCUT2D eigenvalue weighted by Crippen LogP contribution is -2.15. The molecular formula is C26H29N5O2S. The summed E-state index contributed by atoms with van der Waals surface area (Å²) in [6, 6.07) is 18.2. The van der Waals surface area contributed by atoms with Crippen molar-refractivity contribution in [3.05, 3.63) is 82.8 Å². The Balaban J connectivity index is 1.55. The van der Waals surface area contributed by atoms with E-state index in [0.717, 1.165) is 28.3 Å². The Morgan fingerprint density at radius 1 is 1.06 bits per heavy atom. The number of rotatable bonds is 7. The second-order valence-corrected chi connectivity index (χ2v) is 10.3. The summed E-state index contributed by atoms with van der Waals surface area (Å²) in [6.45, 7) is 10.3. The van der Waals surface area contributed by atoms with Gasteiger partial charge in [0.15, 0.2) is 5.16 Å². The molecule has 2 heterocycles. The van der Waals surface area contributed by atoms with Crippen LogP contribution < -0.4 is 5.32 Å². The number of nitrogens with zero attached hydrogens (tertiary/aromatic N) is 4. The Kier molecular flexibility index (Phi) is 6.88. The number of amides is 1. The average molecular weight is 476 g/mol. The highest BCUT2D eigenvalue weighted by Gasteiger charge is 2.21. The van der Waals surface area contributed by atoms with Crippen molar-refractivity contribution in [2.45, 2.75) is 51.6 Å². The van der Waals surface area contributed by atoms with Gasteiger partial charge in [-0.2, -0.15) is 0 Å². The maximum absolute atomic E-state index is 12.6. The molecule has 0 aliphatic carbocycles. The smallest absolute Gasteiger partial charge is 0.237 e. The molecule has 0 aliphatic rings. The molecule has 0 bridgehead atoms. The molecule has 34 heavy (non-hydrogen) atoms. The number of benzene rings is 2. The number of anilines is 1. The number of aromatic nitrogens is 4. The Bertz CT molecular complexity index is 1290. The van der Waals surface area contributed by atoms with Gasteiger partial charge in [0.25, 0.3) is 0 Å². The van der Waals surface area contributed by atoms with Gasteiger partial charge in [-0.3, -0.25) is 14.7 Å². The summed E-state index contributed by atoms with van der Waals surface area (Å²) in [5.74, 6) is 1.14. The maximum atomic E-state index is 12.6. The zero-order chi connectivity index (χ0) is 24.3. The normalized spacial score (nSPS) is 11.6. The molecule has 0 radical (unpaired) electrons. The van der Waals surface area contributed by atoms with Crippen LogP contribution in [0, 0.1) is 13.8 Å². The largest absolute Gasteiger partial charge is 0.338 e. The number of carbonyl (C=O) groups is 1. The monoisotopic (exact) mass is 475 g/mol. The van der Waals surface area contributed by atoms with E-state index in [-0.39, 0.29) is 17.1 Å². The molecule has 0 aliphatic heterocycles. The van der Waals surface area contributed by atoms with Crippen LogP contribution in [0.3, 0.4) is 0 Å². The van der Waals surface area contributed by atoms with Gasteiger partial charge in [-0.25, -0.2) is 0 Å². The molecule has 2 aromatic heterocycles. The number of carbonyl (C=O) groups excluding carboxylic acids is 1. The summed E-state index contributed by atoms with van der Waals surface area (Å²) in [5.41, 5.74) is 5.10. The van der Waals surface area contributed by atoms with Crippen LogP contribution >= 0.6 is 11.8 Å². The van der Waals surface area contributed by atoms with Crippen molar-refractivity contribution in [1.29, 1.82) is 0 Å². The third-order valence-corrected chi connectivity index (χ3v) is 6.30. The summed E-state index contributed by atoms with van der Waals surface area (Å²) in [6.07, 6.45) is 0.640. The van der Waals surface area contributed by atoms with Crippen LogP contribution in [0.25, 0.3) is 5.69 Å². The Morgan fingerprint density at radius 3 is 2.50 bits per heavy atom. The highest BCUT2D eigenvalue weighted by molar-refractivity contribution is 7.99. The van der Waals surface area contributed by atoms with Crippen LogP contribution in [0.2, 0.25) is 0 Å². The lowest BCUT2D eigenvalue weighted by molar-refractivity contribution is -0.113. The lowest BCUT2D eigenvalue weighted by atomic mass is 9.92. The van der Waals surface area contributed by atoms with E-state index in [9.17, 15) is 4.79 Å². The van der Waals surface area contributed by atoms with Crippen LogP contribution in [0.4, 0.5) is 5.88 Å². The van der Waals surface area contributed by atoms with Crippen LogP contribution in [-0.2, 0) is 16.6 Å². The Morgan fingerprint density at radius 2 is 1.82 bits per heavy atom. The van der Waals surface area contributed by atoms with E-state index < -0.39 is 0 Å². The molecule has 2 aromatic carbocycles. The van der Waals surface area contributed by atoms with E-state index in [1.165, 1.54) is 17.3 Å². The average Bonchev–Trinajstić information content (AvgIpc) is 3.40. The fourth-order valence-electron chi connectivity index (χ4n) is 3.58. The van der Waals surface area contributed by atoms with E-state index in [1.54, 1.807) is 6.07 Å². The van der Waals surface area contributed by atoms with Crippen molar-refractivity contribution >= 4 is 23.6 Å². The lowest BCUT2D eigenvalue weighted by Gasteiger charge is -2.13.